The van der Waals surface area contributed by atoms with Crippen LogP contribution in [0.4, 0.5) is 0 Å². The Labute approximate surface area is 146 Å². The molecule has 0 spiro atoms. The van der Waals surface area contributed by atoms with Crippen molar-refractivity contribution in [1.29, 1.82) is 0 Å². The highest BCUT2D eigenvalue weighted by Gasteiger charge is 2.24. The molecule has 0 N–H and O–H groups in total. The SMILES string of the molecule is CCCCCC[C@H]1CC[C@H](CCC2CCC(COC)CC2)CC1. The van der Waals surface area contributed by atoms with Crippen LogP contribution in [-0.2, 0) is 4.74 Å². The molecule has 0 aromatic carbocycles. The van der Waals surface area contributed by atoms with Crippen molar-refractivity contribution in [2.24, 2.45) is 23.7 Å². The fourth-order valence-electron chi connectivity index (χ4n) is 5.06. The number of hydrogen-bond acceptors (Lipinski definition) is 1. The Morgan fingerprint density at radius 2 is 1.09 bits per heavy atom. The number of ether oxygens (including phenoxy) is 1. The first-order chi connectivity index (χ1) is 11.3. The molecular weight excluding hydrogens is 280 g/mol. The van der Waals surface area contributed by atoms with Crippen LogP contribution in [0.2, 0.25) is 0 Å². The lowest BCUT2D eigenvalue weighted by molar-refractivity contribution is 0.115. The molecule has 2 aliphatic carbocycles. The van der Waals surface area contributed by atoms with Crippen molar-refractivity contribution in [3.8, 4) is 0 Å². The summed E-state index contributed by atoms with van der Waals surface area (Å²) in [5, 5.41) is 0. The van der Waals surface area contributed by atoms with Crippen LogP contribution in [0, 0.1) is 23.7 Å². The van der Waals surface area contributed by atoms with Crippen molar-refractivity contribution in [2.75, 3.05) is 13.7 Å². The molecule has 2 aliphatic rings. The summed E-state index contributed by atoms with van der Waals surface area (Å²) in [5.74, 6) is 4.04. The summed E-state index contributed by atoms with van der Waals surface area (Å²) < 4.78 is 5.32. The average molecular weight is 323 g/mol. The van der Waals surface area contributed by atoms with Gasteiger partial charge in [-0.05, 0) is 36.5 Å². The van der Waals surface area contributed by atoms with Gasteiger partial charge in [0.15, 0.2) is 0 Å². The highest BCUT2D eigenvalue weighted by atomic mass is 16.5. The fourth-order valence-corrected chi connectivity index (χ4v) is 5.06. The lowest BCUT2D eigenvalue weighted by Gasteiger charge is -2.32. The summed E-state index contributed by atoms with van der Waals surface area (Å²) >= 11 is 0. The van der Waals surface area contributed by atoms with Crippen molar-refractivity contribution in [1.82, 2.24) is 0 Å². The van der Waals surface area contributed by atoms with Gasteiger partial charge in [0.25, 0.3) is 0 Å². The molecule has 0 aromatic heterocycles. The standard InChI is InChI=1S/C22H42O/c1-3-4-5-6-7-19-8-10-20(11-9-19)12-13-21-14-16-22(17-15-21)18-23-2/h19-22H,3-18H2,1-2H3/t19-,20-,21?,22?. The molecule has 23 heavy (non-hydrogen) atoms. The van der Waals surface area contributed by atoms with Crippen LogP contribution in [-0.4, -0.2) is 13.7 Å². The maximum atomic E-state index is 5.32. The molecule has 0 atom stereocenters. The molecule has 0 aliphatic heterocycles. The molecule has 0 bridgehead atoms. The lowest BCUT2D eigenvalue weighted by Crippen LogP contribution is -2.20. The van der Waals surface area contributed by atoms with E-state index < -0.39 is 0 Å². The summed E-state index contributed by atoms with van der Waals surface area (Å²) in [6.07, 6.45) is 22.3. The Kier molecular flexibility index (Phi) is 9.65. The summed E-state index contributed by atoms with van der Waals surface area (Å²) in [6, 6.07) is 0. The van der Waals surface area contributed by atoms with E-state index in [0.29, 0.717) is 0 Å². The van der Waals surface area contributed by atoms with Crippen LogP contribution in [0.5, 0.6) is 0 Å². The molecule has 0 amide bonds. The van der Waals surface area contributed by atoms with Crippen molar-refractivity contribution >= 4 is 0 Å². The maximum absolute atomic E-state index is 5.32. The van der Waals surface area contributed by atoms with Crippen LogP contribution < -0.4 is 0 Å². The van der Waals surface area contributed by atoms with E-state index in [0.717, 1.165) is 30.3 Å². The van der Waals surface area contributed by atoms with Gasteiger partial charge in [0.05, 0.1) is 0 Å². The normalized spacial score (nSPS) is 32.1. The Morgan fingerprint density at radius 1 is 0.609 bits per heavy atom. The average Bonchev–Trinajstić information content (AvgIpc) is 2.59. The molecule has 1 heteroatoms. The first-order valence-electron chi connectivity index (χ1n) is 10.8. The van der Waals surface area contributed by atoms with E-state index in [2.05, 4.69) is 6.92 Å². The highest BCUT2D eigenvalue weighted by Crippen LogP contribution is 2.37. The summed E-state index contributed by atoms with van der Waals surface area (Å²) in [5.41, 5.74) is 0. The zero-order valence-corrected chi connectivity index (χ0v) is 16.0. The molecule has 136 valence electrons. The lowest BCUT2D eigenvalue weighted by atomic mass is 9.75. The van der Waals surface area contributed by atoms with Gasteiger partial charge in [-0.1, -0.05) is 90.4 Å². The van der Waals surface area contributed by atoms with E-state index in [1.165, 1.54) is 96.3 Å². The molecule has 1 nitrogen and oxygen atoms in total. The van der Waals surface area contributed by atoms with E-state index in [9.17, 15) is 0 Å². The van der Waals surface area contributed by atoms with Crippen LogP contribution in [0.25, 0.3) is 0 Å². The van der Waals surface area contributed by atoms with Gasteiger partial charge < -0.3 is 4.74 Å². The minimum absolute atomic E-state index is 0.861. The van der Waals surface area contributed by atoms with Crippen molar-refractivity contribution in [2.45, 2.75) is 103 Å². The fraction of sp³-hybridized carbons (Fsp3) is 1.00. The third-order valence-electron chi connectivity index (χ3n) is 6.78. The maximum Gasteiger partial charge on any atom is 0.0490 e. The van der Waals surface area contributed by atoms with Gasteiger partial charge in [-0.3, -0.25) is 0 Å². The van der Waals surface area contributed by atoms with Crippen molar-refractivity contribution < 1.29 is 4.74 Å². The second-order valence-electron chi connectivity index (χ2n) is 8.66. The second kappa shape index (κ2) is 11.5. The summed E-state index contributed by atoms with van der Waals surface area (Å²) in [6.45, 7) is 3.31. The number of methoxy groups -OCH3 is 1. The Morgan fingerprint density at radius 3 is 1.57 bits per heavy atom. The Balaban J connectivity index is 1.50. The largest absolute Gasteiger partial charge is 0.384 e. The summed E-state index contributed by atoms with van der Waals surface area (Å²) in [4.78, 5) is 0. The zero-order chi connectivity index (χ0) is 16.3. The number of rotatable bonds is 10. The van der Waals surface area contributed by atoms with Crippen LogP contribution >= 0.6 is 0 Å². The molecule has 2 saturated carbocycles. The van der Waals surface area contributed by atoms with Gasteiger partial charge in [-0.15, -0.1) is 0 Å². The van der Waals surface area contributed by atoms with E-state index >= 15 is 0 Å². The topological polar surface area (TPSA) is 9.23 Å². The highest BCUT2D eigenvalue weighted by molar-refractivity contribution is 4.76. The molecule has 0 aromatic rings. The minimum atomic E-state index is 0.861. The van der Waals surface area contributed by atoms with E-state index in [4.69, 9.17) is 4.74 Å². The minimum Gasteiger partial charge on any atom is -0.384 e. The number of unbranched alkanes of at least 4 members (excludes halogenated alkanes) is 3. The molecule has 0 radical (unpaired) electrons. The van der Waals surface area contributed by atoms with Gasteiger partial charge in [-0.2, -0.15) is 0 Å². The molecule has 2 rings (SSSR count). The van der Waals surface area contributed by atoms with Gasteiger partial charge in [0.1, 0.15) is 0 Å². The van der Waals surface area contributed by atoms with Crippen LogP contribution in [0.1, 0.15) is 103 Å². The molecule has 0 unspecified atom stereocenters. The predicted molar refractivity (Wildman–Crippen MR) is 101 cm³/mol. The van der Waals surface area contributed by atoms with Gasteiger partial charge >= 0.3 is 0 Å². The quantitative estimate of drug-likeness (QED) is 0.393. The predicted octanol–water partition coefficient (Wildman–Crippen LogP) is 7.00. The first kappa shape index (κ1) is 19.3. The number of hydrogen-bond donors (Lipinski definition) is 0. The Bertz CT molecular complexity index is 272. The zero-order valence-electron chi connectivity index (χ0n) is 16.0. The third kappa shape index (κ3) is 7.59. The second-order valence-corrected chi connectivity index (χ2v) is 8.66. The van der Waals surface area contributed by atoms with Crippen LogP contribution in [0.15, 0.2) is 0 Å². The first-order valence-corrected chi connectivity index (χ1v) is 10.8. The molecule has 0 saturated heterocycles. The van der Waals surface area contributed by atoms with Gasteiger partial charge in [0, 0.05) is 13.7 Å². The van der Waals surface area contributed by atoms with E-state index in [1.54, 1.807) is 0 Å². The smallest absolute Gasteiger partial charge is 0.0490 e. The Hall–Kier alpha value is -0.0400. The molecule has 0 heterocycles. The van der Waals surface area contributed by atoms with Gasteiger partial charge in [-0.25, -0.2) is 0 Å². The summed E-state index contributed by atoms with van der Waals surface area (Å²) in [7, 11) is 1.85. The molecule has 2 fully saturated rings. The van der Waals surface area contributed by atoms with Gasteiger partial charge in [0.2, 0.25) is 0 Å². The molecular formula is C22H42O. The van der Waals surface area contributed by atoms with Crippen molar-refractivity contribution in [3.63, 3.8) is 0 Å². The van der Waals surface area contributed by atoms with Crippen LogP contribution in [0.3, 0.4) is 0 Å². The van der Waals surface area contributed by atoms with E-state index in [-0.39, 0.29) is 0 Å². The van der Waals surface area contributed by atoms with E-state index in [1.807, 2.05) is 7.11 Å². The monoisotopic (exact) mass is 322 g/mol. The third-order valence-corrected chi connectivity index (χ3v) is 6.78. The van der Waals surface area contributed by atoms with Crippen molar-refractivity contribution in [3.05, 3.63) is 0 Å².